The van der Waals surface area contributed by atoms with Crippen LogP contribution in [-0.4, -0.2) is 50.3 Å². The molecule has 3 heterocycles. The number of nitrogens with one attached hydrogen (secondary N) is 1. The molecule has 1 saturated heterocycles. The highest BCUT2D eigenvalue weighted by molar-refractivity contribution is 7.85. The van der Waals surface area contributed by atoms with Crippen LogP contribution in [-0.2, 0) is 29.1 Å². The molecule has 1 atom stereocenters. The van der Waals surface area contributed by atoms with E-state index in [4.69, 9.17) is 9.97 Å². The molecule has 6 nitrogen and oxygen atoms in total. The van der Waals surface area contributed by atoms with Crippen molar-refractivity contribution < 1.29 is 9.32 Å². The summed E-state index contributed by atoms with van der Waals surface area (Å²) in [4.78, 5) is 13.2. The summed E-state index contributed by atoms with van der Waals surface area (Å²) in [5.41, 5.74) is 5.32. The third-order valence-corrected chi connectivity index (χ3v) is 10.9. The first-order valence-electron chi connectivity index (χ1n) is 13.1. The number of aryl methyl sites for hydroxylation is 2. The van der Waals surface area contributed by atoms with E-state index in [1.165, 1.54) is 24.8 Å². The van der Waals surface area contributed by atoms with E-state index in [1.807, 2.05) is 0 Å². The summed E-state index contributed by atoms with van der Waals surface area (Å²) in [5, 5.41) is 13.6. The number of aliphatic hydroxyl groups is 1. The van der Waals surface area contributed by atoms with Gasteiger partial charge in [-0.15, -0.1) is 0 Å². The molecule has 5 aliphatic rings. The number of nitrogens with zero attached hydrogens (tertiary/aromatic N) is 3. The van der Waals surface area contributed by atoms with Crippen LogP contribution >= 0.6 is 0 Å². The van der Waals surface area contributed by atoms with Gasteiger partial charge in [-0.1, -0.05) is 18.2 Å². The largest absolute Gasteiger partial charge is 0.394 e. The van der Waals surface area contributed by atoms with E-state index in [0.717, 1.165) is 80.4 Å². The zero-order valence-electron chi connectivity index (χ0n) is 19.8. The molecule has 1 aromatic heterocycles. The quantitative estimate of drug-likeness (QED) is 0.680. The average molecular weight is 479 g/mol. The maximum Gasteiger partial charge on any atom is 0.227 e. The van der Waals surface area contributed by atoms with Gasteiger partial charge in [-0.25, -0.2) is 4.98 Å². The van der Waals surface area contributed by atoms with Gasteiger partial charge in [0.05, 0.1) is 28.6 Å². The molecule has 3 fully saturated rings. The Kier molecular flexibility index (Phi) is 4.86. The number of piperidine rings is 1. The molecule has 1 aromatic carbocycles. The third-order valence-electron chi connectivity index (χ3n) is 9.21. The van der Waals surface area contributed by atoms with Gasteiger partial charge in [-0.3, -0.25) is 4.21 Å². The van der Waals surface area contributed by atoms with Crippen molar-refractivity contribution in [3.8, 4) is 0 Å². The smallest absolute Gasteiger partial charge is 0.227 e. The van der Waals surface area contributed by atoms with Crippen LogP contribution in [0.5, 0.6) is 0 Å². The van der Waals surface area contributed by atoms with E-state index < -0.39 is 10.8 Å². The van der Waals surface area contributed by atoms with E-state index in [2.05, 4.69) is 28.4 Å². The van der Waals surface area contributed by atoms with Crippen molar-refractivity contribution in [3.63, 3.8) is 0 Å². The second-order valence-electron chi connectivity index (χ2n) is 11.4. The fraction of sp³-hybridized carbons (Fsp3) is 0.630. The molecule has 1 unspecified atom stereocenters. The van der Waals surface area contributed by atoms with Gasteiger partial charge in [0.25, 0.3) is 0 Å². The van der Waals surface area contributed by atoms with Crippen LogP contribution in [0.15, 0.2) is 23.1 Å². The number of aliphatic hydroxyl groups excluding tert-OH is 1. The highest BCUT2D eigenvalue weighted by atomic mass is 32.2. The van der Waals surface area contributed by atoms with Crippen molar-refractivity contribution in [2.75, 3.05) is 35.7 Å². The third kappa shape index (κ3) is 3.34. The molecule has 3 aliphatic carbocycles. The minimum Gasteiger partial charge on any atom is -0.394 e. The molecule has 0 bridgehead atoms. The van der Waals surface area contributed by atoms with Gasteiger partial charge in [0, 0.05) is 24.3 Å². The molecule has 2 saturated carbocycles. The first-order valence-corrected chi connectivity index (χ1v) is 14.5. The van der Waals surface area contributed by atoms with E-state index in [-0.39, 0.29) is 17.6 Å². The van der Waals surface area contributed by atoms with Crippen LogP contribution in [0.4, 0.5) is 11.8 Å². The van der Waals surface area contributed by atoms with Crippen molar-refractivity contribution in [2.45, 2.75) is 86.0 Å². The van der Waals surface area contributed by atoms with Gasteiger partial charge >= 0.3 is 0 Å². The molecule has 2 N–H and O–H groups in total. The van der Waals surface area contributed by atoms with Crippen molar-refractivity contribution in [3.05, 3.63) is 40.6 Å². The van der Waals surface area contributed by atoms with E-state index >= 15 is 0 Å². The van der Waals surface area contributed by atoms with E-state index in [1.54, 1.807) is 11.1 Å². The Labute approximate surface area is 204 Å². The molecule has 0 amide bonds. The van der Waals surface area contributed by atoms with Crippen molar-refractivity contribution >= 4 is 22.6 Å². The topological polar surface area (TPSA) is 78.4 Å². The normalized spacial score (nSPS) is 26.3. The number of fused-ring (bicyclic) bond motifs is 3. The standard InChI is InChI=1S/C27H34N4O2S/c32-16-27(9-2-10-27)30-24-22-23(26(11-12-26)17-34(22)33)28-25(29-24)31-13-7-19(8-14-31)21-6-5-18-3-1-4-20(18)15-21/h5-6,15,19,32H,1-4,7-14,16-17H2,(H,28,29,30). The summed E-state index contributed by atoms with van der Waals surface area (Å²) in [7, 11) is -1.06. The van der Waals surface area contributed by atoms with Gasteiger partial charge in [0.1, 0.15) is 10.7 Å². The maximum atomic E-state index is 13.1. The summed E-state index contributed by atoms with van der Waals surface area (Å²) < 4.78 is 13.1. The number of benzene rings is 1. The fourth-order valence-corrected chi connectivity index (χ4v) is 8.46. The summed E-state index contributed by atoms with van der Waals surface area (Å²) in [6.07, 6.45) is 11.1. The summed E-state index contributed by atoms with van der Waals surface area (Å²) >= 11 is 0. The Morgan fingerprint density at radius 2 is 1.85 bits per heavy atom. The lowest BCUT2D eigenvalue weighted by Gasteiger charge is -2.42. The van der Waals surface area contributed by atoms with Gasteiger partial charge in [0.15, 0.2) is 0 Å². The Morgan fingerprint density at radius 3 is 2.56 bits per heavy atom. The van der Waals surface area contributed by atoms with Crippen LogP contribution in [0.1, 0.15) is 79.7 Å². The number of aromatic nitrogens is 2. The van der Waals surface area contributed by atoms with Crippen molar-refractivity contribution in [1.82, 2.24) is 9.97 Å². The first-order chi connectivity index (χ1) is 16.6. The first kappa shape index (κ1) is 21.3. The molecule has 7 rings (SSSR count). The molecular formula is C27H34N4O2S. The molecule has 34 heavy (non-hydrogen) atoms. The monoisotopic (exact) mass is 478 g/mol. The Hall–Kier alpha value is -1.99. The summed E-state index contributed by atoms with van der Waals surface area (Å²) in [6.45, 7) is 1.98. The number of rotatable bonds is 5. The van der Waals surface area contributed by atoms with Gasteiger partial charge in [0.2, 0.25) is 5.95 Å². The van der Waals surface area contributed by atoms with Gasteiger partial charge < -0.3 is 15.3 Å². The zero-order valence-corrected chi connectivity index (χ0v) is 20.6. The van der Waals surface area contributed by atoms with E-state index in [9.17, 15) is 9.32 Å². The average Bonchev–Trinajstić information content (AvgIpc) is 3.35. The molecule has 2 aromatic rings. The molecule has 2 aliphatic heterocycles. The predicted molar refractivity (Wildman–Crippen MR) is 134 cm³/mol. The fourth-order valence-electron chi connectivity index (χ4n) is 6.60. The lowest BCUT2D eigenvalue weighted by Crippen LogP contribution is -2.49. The molecule has 0 radical (unpaired) electrons. The minimum atomic E-state index is -1.06. The summed E-state index contributed by atoms with van der Waals surface area (Å²) in [6, 6.07) is 7.19. The van der Waals surface area contributed by atoms with Crippen LogP contribution in [0.2, 0.25) is 0 Å². The second-order valence-corrected chi connectivity index (χ2v) is 12.8. The Bertz CT molecular complexity index is 1160. The molecular weight excluding hydrogens is 444 g/mol. The van der Waals surface area contributed by atoms with Crippen molar-refractivity contribution in [1.29, 1.82) is 0 Å². The minimum absolute atomic E-state index is 0.00302. The van der Waals surface area contributed by atoms with Crippen molar-refractivity contribution in [2.24, 2.45) is 0 Å². The maximum absolute atomic E-state index is 13.1. The van der Waals surface area contributed by atoms with E-state index in [0.29, 0.717) is 11.7 Å². The molecule has 7 heteroatoms. The molecule has 180 valence electrons. The Balaban J connectivity index is 1.16. The number of hydrogen-bond donors (Lipinski definition) is 2. The Morgan fingerprint density at radius 1 is 1.06 bits per heavy atom. The SMILES string of the molecule is O=S1CC2(CC2)c2nc(N3CCC(c4ccc5c(c4)CCC5)CC3)nc(NC3(CO)CCC3)c21. The van der Waals surface area contributed by atoms with Crippen LogP contribution in [0.25, 0.3) is 0 Å². The second kappa shape index (κ2) is 7.76. The summed E-state index contributed by atoms with van der Waals surface area (Å²) in [5.74, 6) is 2.79. The molecule has 1 spiro atoms. The van der Waals surface area contributed by atoms with Gasteiger partial charge in [-0.05, 0) is 86.8 Å². The van der Waals surface area contributed by atoms with Crippen LogP contribution in [0.3, 0.4) is 0 Å². The van der Waals surface area contributed by atoms with Gasteiger partial charge in [-0.2, -0.15) is 4.98 Å². The number of hydrogen-bond acceptors (Lipinski definition) is 6. The van der Waals surface area contributed by atoms with Crippen LogP contribution < -0.4 is 10.2 Å². The lowest BCUT2D eigenvalue weighted by atomic mass is 9.77. The predicted octanol–water partition coefficient (Wildman–Crippen LogP) is 3.83. The highest BCUT2D eigenvalue weighted by Crippen LogP contribution is 2.56. The van der Waals surface area contributed by atoms with Crippen LogP contribution in [0, 0.1) is 0 Å². The highest BCUT2D eigenvalue weighted by Gasteiger charge is 2.55. The number of anilines is 2. The lowest BCUT2D eigenvalue weighted by molar-refractivity contribution is 0.143. The zero-order chi connectivity index (χ0) is 22.9.